The Kier molecular flexibility index (Phi) is 3.34. The Morgan fingerprint density at radius 2 is 2.35 bits per heavy atom. The van der Waals surface area contributed by atoms with Crippen LogP contribution < -0.4 is 5.32 Å². The van der Waals surface area contributed by atoms with Gasteiger partial charge in [0.15, 0.2) is 5.69 Å². The van der Waals surface area contributed by atoms with Gasteiger partial charge in [0.25, 0.3) is 0 Å². The Labute approximate surface area is 102 Å². The Balaban J connectivity index is 2.13. The summed E-state index contributed by atoms with van der Waals surface area (Å²) in [5, 5.41) is 15.9. The zero-order valence-corrected chi connectivity index (χ0v) is 9.94. The zero-order valence-electron chi connectivity index (χ0n) is 9.12. The third-order valence-electron chi connectivity index (χ3n) is 2.26. The highest BCUT2D eigenvalue weighted by atomic mass is 32.1. The third kappa shape index (κ3) is 2.79. The van der Waals surface area contributed by atoms with Crippen molar-refractivity contribution in [1.29, 1.82) is 0 Å². The number of rotatable bonds is 4. The molecule has 2 rings (SSSR count). The molecule has 0 aliphatic carbocycles. The molecular weight excluding hydrogens is 238 g/mol. The van der Waals surface area contributed by atoms with E-state index < -0.39 is 5.97 Å². The molecule has 2 N–H and O–H groups in total. The average Bonchev–Trinajstić information content (AvgIpc) is 2.82. The lowest BCUT2D eigenvalue weighted by Gasteiger charge is -2.12. The summed E-state index contributed by atoms with van der Waals surface area (Å²) in [7, 11) is 0. The molecule has 2 aromatic rings. The van der Waals surface area contributed by atoms with Crippen LogP contribution >= 0.6 is 11.3 Å². The van der Waals surface area contributed by atoms with Gasteiger partial charge in [-0.25, -0.2) is 9.78 Å². The van der Waals surface area contributed by atoms with Crippen LogP contribution in [0.1, 0.15) is 29.0 Å². The quantitative estimate of drug-likeness (QED) is 0.870. The van der Waals surface area contributed by atoms with Crippen LogP contribution in [-0.4, -0.2) is 21.0 Å². The molecule has 0 spiro atoms. The van der Waals surface area contributed by atoms with E-state index in [0.29, 0.717) is 5.82 Å². The summed E-state index contributed by atoms with van der Waals surface area (Å²) in [6, 6.07) is 2.08. The van der Waals surface area contributed by atoms with E-state index in [0.717, 1.165) is 5.56 Å². The minimum absolute atomic E-state index is 0.0625. The molecule has 0 aromatic carbocycles. The molecule has 1 atom stereocenters. The standard InChI is InChI=1S/C11H11N3O2S/c1-7(8-2-3-17-6-8)13-10-5-12-4-9(14-10)11(15)16/h2-7H,1H3,(H,13,14)(H,15,16). The van der Waals surface area contributed by atoms with Crippen molar-refractivity contribution in [2.45, 2.75) is 13.0 Å². The molecule has 0 amide bonds. The normalized spacial score (nSPS) is 12.1. The fraction of sp³-hybridized carbons (Fsp3) is 0.182. The Morgan fingerprint density at radius 1 is 1.53 bits per heavy atom. The van der Waals surface area contributed by atoms with Crippen molar-refractivity contribution in [2.24, 2.45) is 0 Å². The molecule has 88 valence electrons. The molecule has 0 fully saturated rings. The van der Waals surface area contributed by atoms with Crippen molar-refractivity contribution < 1.29 is 9.90 Å². The maximum Gasteiger partial charge on any atom is 0.356 e. The Morgan fingerprint density at radius 3 is 3.00 bits per heavy atom. The first-order valence-electron chi connectivity index (χ1n) is 5.01. The van der Waals surface area contributed by atoms with E-state index in [-0.39, 0.29) is 11.7 Å². The van der Waals surface area contributed by atoms with Crippen LogP contribution in [0.5, 0.6) is 0 Å². The fourth-order valence-electron chi connectivity index (χ4n) is 1.37. The summed E-state index contributed by atoms with van der Waals surface area (Å²) in [6.45, 7) is 1.98. The minimum Gasteiger partial charge on any atom is -0.476 e. The first-order chi connectivity index (χ1) is 8.16. The number of anilines is 1. The van der Waals surface area contributed by atoms with Crippen molar-refractivity contribution in [3.63, 3.8) is 0 Å². The van der Waals surface area contributed by atoms with E-state index in [2.05, 4.69) is 15.3 Å². The van der Waals surface area contributed by atoms with Gasteiger partial charge in [-0.2, -0.15) is 11.3 Å². The molecule has 1 unspecified atom stereocenters. The van der Waals surface area contributed by atoms with Gasteiger partial charge < -0.3 is 10.4 Å². The van der Waals surface area contributed by atoms with Crippen LogP contribution in [0.15, 0.2) is 29.2 Å². The van der Waals surface area contributed by atoms with Crippen LogP contribution in [0.4, 0.5) is 5.82 Å². The van der Waals surface area contributed by atoms with Gasteiger partial charge >= 0.3 is 5.97 Å². The van der Waals surface area contributed by atoms with Gasteiger partial charge in [0, 0.05) is 0 Å². The first-order valence-corrected chi connectivity index (χ1v) is 5.95. The summed E-state index contributed by atoms with van der Waals surface area (Å²) in [5.74, 6) is -0.618. The number of nitrogens with zero attached hydrogens (tertiary/aromatic N) is 2. The molecule has 2 aromatic heterocycles. The molecule has 0 bridgehead atoms. The summed E-state index contributed by atoms with van der Waals surface area (Å²) in [4.78, 5) is 18.5. The second-order valence-electron chi connectivity index (χ2n) is 3.52. The number of aromatic carboxylic acids is 1. The number of carboxylic acids is 1. The second kappa shape index (κ2) is 4.92. The summed E-state index contributed by atoms with van der Waals surface area (Å²) in [5.41, 5.74) is 1.07. The molecule has 0 aliphatic heterocycles. The molecule has 2 heterocycles. The number of aromatic nitrogens is 2. The smallest absolute Gasteiger partial charge is 0.356 e. The topological polar surface area (TPSA) is 75.1 Å². The van der Waals surface area contributed by atoms with Crippen molar-refractivity contribution in [3.05, 3.63) is 40.5 Å². The van der Waals surface area contributed by atoms with Crippen LogP contribution in [-0.2, 0) is 0 Å². The average molecular weight is 249 g/mol. The van der Waals surface area contributed by atoms with E-state index in [4.69, 9.17) is 5.11 Å². The molecule has 0 aliphatic rings. The zero-order chi connectivity index (χ0) is 12.3. The highest BCUT2D eigenvalue weighted by molar-refractivity contribution is 7.07. The molecule has 6 heteroatoms. The van der Waals surface area contributed by atoms with Crippen LogP contribution in [0.2, 0.25) is 0 Å². The van der Waals surface area contributed by atoms with Gasteiger partial charge in [0.05, 0.1) is 18.4 Å². The van der Waals surface area contributed by atoms with E-state index in [9.17, 15) is 4.79 Å². The van der Waals surface area contributed by atoms with Crippen molar-refractivity contribution >= 4 is 23.1 Å². The van der Waals surface area contributed by atoms with Crippen molar-refractivity contribution in [1.82, 2.24) is 9.97 Å². The SMILES string of the molecule is CC(Nc1cncc(C(=O)O)n1)c1ccsc1. The van der Waals surface area contributed by atoms with Gasteiger partial charge in [-0.15, -0.1) is 0 Å². The number of thiophene rings is 1. The number of carbonyl (C=O) groups is 1. The maximum absolute atomic E-state index is 10.7. The Hall–Kier alpha value is -1.95. The van der Waals surface area contributed by atoms with Gasteiger partial charge in [-0.05, 0) is 29.3 Å². The first kappa shape index (κ1) is 11.5. The predicted molar refractivity (Wildman–Crippen MR) is 65.3 cm³/mol. The highest BCUT2D eigenvalue weighted by Gasteiger charge is 2.09. The second-order valence-corrected chi connectivity index (χ2v) is 4.30. The van der Waals surface area contributed by atoms with E-state index in [1.807, 2.05) is 23.8 Å². The molecule has 17 heavy (non-hydrogen) atoms. The lowest BCUT2D eigenvalue weighted by molar-refractivity contribution is 0.0690. The van der Waals surface area contributed by atoms with Gasteiger partial charge in [-0.1, -0.05) is 0 Å². The highest BCUT2D eigenvalue weighted by Crippen LogP contribution is 2.19. The number of nitrogens with one attached hydrogen (secondary N) is 1. The molecular formula is C11H11N3O2S. The van der Waals surface area contributed by atoms with Crippen molar-refractivity contribution in [3.8, 4) is 0 Å². The number of carboxylic acid groups (broad SMARTS) is 1. The van der Waals surface area contributed by atoms with Crippen molar-refractivity contribution in [2.75, 3.05) is 5.32 Å². The van der Waals surface area contributed by atoms with Crippen LogP contribution in [0.25, 0.3) is 0 Å². The van der Waals surface area contributed by atoms with Gasteiger partial charge in [0.1, 0.15) is 5.82 Å². The number of hydrogen-bond donors (Lipinski definition) is 2. The largest absolute Gasteiger partial charge is 0.476 e. The summed E-state index contributed by atoms with van der Waals surface area (Å²) in [6.07, 6.45) is 2.73. The number of hydrogen-bond acceptors (Lipinski definition) is 5. The molecule has 0 saturated heterocycles. The van der Waals surface area contributed by atoms with Gasteiger partial charge in [0.2, 0.25) is 0 Å². The van der Waals surface area contributed by atoms with Crippen LogP contribution in [0.3, 0.4) is 0 Å². The fourth-order valence-corrected chi connectivity index (χ4v) is 2.12. The predicted octanol–water partition coefficient (Wildman–Crippen LogP) is 2.41. The van der Waals surface area contributed by atoms with E-state index in [1.165, 1.54) is 12.4 Å². The third-order valence-corrected chi connectivity index (χ3v) is 2.96. The lowest BCUT2D eigenvalue weighted by Crippen LogP contribution is -2.10. The summed E-state index contributed by atoms with van der Waals surface area (Å²) < 4.78 is 0. The molecule has 0 saturated carbocycles. The van der Waals surface area contributed by atoms with Crippen LogP contribution in [0, 0.1) is 0 Å². The Bertz CT molecular complexity index is 513. The van der Waals surface area contributed by atoms with Gasteiger partial charge in [-0.3, -0.25) is 4.98 Å². The summed E-state index contributed by atoms with van der Waals surface area (Å²) >= 11 is 1.62. The van der Waals surface area contributed by atoms with E-state index in [1.54, 1.807) is 11.3 Å². The monoisotopic (exact) mass is 249 g/mol. The molecule has 0 radical (unpaired) electrons. The molecule has 5 nitrogen and oxygen atoms in total. The van der Waals surface area contributed by atoms with E-state index >= 15 is 0 Å². The lowest BCUT2D eigenvalue weighted by atomic mass is 10.2. The minimum atomic E-state index is -1.08. The maximum atomic E-state index is 10.7.